The van der Waals surface area contributed by atoms with Crippen molar-refractivity contribution in [1.29, 1.82) is 0 Å². The summed E-state index contributed by atoms with van der Waals surface area (Å²) >= 11 is -0.0876. The first-order valence-corrected chi connectivity index (χ1v) is 7.31. The monoisotopic (exact) mass is 303 g/mol. The van der Waals surface area contributed by atoms with Crippen LogP contribution in [0.15, 0.2) is 34.7 Å². The van der Waals surface area contributed by atoms with Crippen molar-refractivity contribution in [3.8, 4) is 0 Å². The predicted octanol–water partition coefficient (Wildman–Crippen LogP) is 4.95. The highest BCUT2D eigenvalue weighted by Crippen LogP contribution is 2.36. The SMILES string of the molecule is CC(=Cc1ccc(SC(F)(F)F)cc1)CNCC(C)C. The Morgan fingerprint density at radius 1 is 1.25 bits per heavy atom. The highest BCUT2D eigenvalue weighted by molar-refractivity contribution is 8.00. The molecule has 0 heterocycles. The van der Waals surface area contributed by atoms with E-state index in [9.17, 15) is 13.2 Å². The fraction of sp³-hybridized carbons (Fsp3) is 0.467. The lowest BCUT2D eigenvalue weighted by Gasteiger charge is -2.08. The molecule has 0 amide bonds. The highest BCUT2D eigenvalue weighted by Gasteiger charge is 2.28. The van der Waals surface area contributed by atoms with Crippen LogP contribution in [0.25, 0.3) is 6.08 Å². The van der Waals surface area contributed by atoms with Crippen LogP contribution >= 0.6 is 11.8 Å². The van der Waals surface area contributed by atoms with Crippen molar-refractivity contribution in [1.82, 2.24) is 5.32 Å². The molecule has 0 atom stereocenters. The maximum atomic E-state index is 12.2. The third-order valence-corrected chi connectivity index (χ3v) is 3.22. The molecule has 1 rings (SSSR count). The average molecular weight is 303 g/mol. The zero-order valence-corrected chi connectivity index (χ0v) is 12.7. The molecule has 0 radical (unpaired) electrons. The number of nitrogens with one attached hydrogen (secondary N) is 1. The van der Waals surface area contributed by atoms with Gasteiger partial charge >= 0.3 is 5.51 Å². The molecule has 0 saturated heterocycles. The van der Waals surface area contributed by atoms with Crippen LogP contribution in [0.2, 0.25) is 0 Å². The van der Waals surface area contributed by atoms with Crippen molar-refractivity contribution < 1.29 is 13.2 Å². The molecule has 0 spiro atoms. The van der Waals surface area contributed by atoms with E-state index < -0.39 is 5.51 Å². The minimum Gasteiger partial charge on any atom is -0.313 e. The molecular formula is C15H20F3NS. The summed E-state index contributed by atoms with van der Waals surface area (Å²) in [6.45, 7) is 8.03. The molecule has 112 valence electrons. The van der Waals surface area contributed by atoms with Gasteiger partial charge in [-0.2, -0.15) is 13.2 Å². The van der Waals surface area contributed by atoms with E-state index >= 15 is 0 Å². The number of alkyl halides is 3. The van der Waals surface area contributed by atoms with Crippen molar-refractivity contribution in [2.24, 2.45) is 5.92 Å². The molecule has 0 bridgehead atoms. The van der Waals surface area contributed by atoms with Crippen LogP contribution in [0.1, 0.15) is 26.3 Å². The van der Waals surface area contributed by atoms with E-state index in [0.717, 1.165) is 24.2 Å². The van der Waals surface area contributed by atoms with Gasteiger partial charge < -0.3 is 5.32 Å². The lowest BCUT2D eigenvalue weighted by Crippen LogP contribution is -2.21. The summed E-state index contributed by atoms with van der Waals surface area (Å²) in [5.74, 6) is 0.599. The highest BCUT2D eigenvalue weighted by atomic mass is 32.2. The Morgan fingerprint density at radius 3 is 2.35 bits per heavy atom. The second kappa shape index (κ2) is 7.74. The van der Waals surface area contributed by atoms with Crippen molar-refractivity contribution in [2.75, 3.05) is 13.1 Å². The van der Waals surface area contributed by atoms with E-state index in [0.29, 0.717) is 5.92 Å². The Hall–Kier alpha value is -0.940. The summed E-state index contributed by atoms with van der Waals surface area (Å²) < 4.78 is 36.6. The quantitative estimate of drug-likeness (QED) is 0.746. The van der Waals surface area contributed by atoms with Gasteiger partial charge in [0, 0.05) is 11.4 Å². The molecule has 5 heteroatoms. The molecule has 0 aromatic heterocycles. The van der Waals surface area contributed by atoms with Gasteiger partial charge in [-0.3, -0.25) is 0 Å². The van der Waals surface area contributed by atoms with Gasteiger partial charge in [0.15, 0.2) is 0 Å². The number of hydrogen-bond acceptors (Lipinski definition) is 2. The fourth-order valence-electron chi connectivity index (χ4n) is 1.66. The fourth-order valence-corrected chi connectivity index (χ4v) is 2.20. The lowest BCUT2D eigenvalue weighted by molar-refractivity contribution is -0.0328. The normalized spacial score (nSPS) is 13.1. The largest absolute Gasteiger partial charge is 0.446 e. The van der Waals surface area contributed by atoms with Crippen molar-refractivity contribution in [3.05, 3.63) is 35.4 Å². The standard InChI is InChI=1S/C15H20F3NS/c1-11(2)9-19-10-12(3)8-13-4-6-14(7-5-13)20-15(16,17)18/h4-8,11,19H,9-10H2,1-3H3. The molecule has 1 N–H and O–H groups in total. The van der Waals surface area contributed by atoms with Crippen LogP contribution in [-0.4, -0.2) is 18.6 Å². The van der Waals surface area contributed by atoms with E-state index in [1.54, 1.807) is 12.1 Å². The Balaban J connectivity index is 2.55. The molecule has 0 aliphatic rings. The number of halogens is 3. The van der Waals surface area contributed by atoms with Gasteiger partial charge in [0.2, 0.25) is 0 Å². The smallest absolute Gasteiger partial charge is 0.313 e. The number of hydrogen-bond donors (Lipinski definition) is 1. The van der Waals surface area contributed by atoms with Crippen molar-refractivity contribution >= 4 is 17.8 Å². The van der Waals surface area contributed by atoms with Crippen LogP contribution in [0.3, 0.4) is 0 Å². The van der Waals surface area contributed by atoms with E-state index in [1.165, 1.54) is 12.1 Å². The molecule has 0 saturated carbocycles. The predicted molar refractivity (Wildman–Crippen MR) is 79.7 cm³/mol. The molecule has 0 aliphatic heterocycles. The first kappa shape index (κ1) is 17.1. The summed E-state index contributed by atoms with van der Waals surface area (Å²) in [5, 5.41) is 3.33. The zero-order valence-electron chi connectivity index (χ0n) is 11.9. The first-order valence-electron chi connectivity index (χ1n) is 6.50. The van der Waals surface area contributed by atoms with Gasteiger partial charge in [0.25, 0.3) is 0 Å². The van der Waals surface area contributed by atoms with Gasteiger partial charge in [-0.25, -0.2) is 0 Å². The lowest BCUT2D eigenvalue weighted by atomic mass is 10.1. The summed E-state index contributed by atoms with van der Waals surface area (Å²) in [4.78, 5) is 0.213. The Bertz CT molecular complexity index is 435. The van der Waals surface area contributed by atoms with E-state index in [4.69, 9.17) is 0 Å². The number of benzene rings is 1. The zero-order chi connectivity index (χ0) is 15.2. The Kier molecular flexibility index (Phi) is 6.62. The summed E-state index contributed by atoms with van der Waals surface area (Å²) in [6, 6.07) is 6.41. The second-order valence-electron chi connectivity index (χ2n) is 5.13. The number of rotatable bonds is 6. The number of thioether (sulfide) groups is 1. The average Bonchev–Trinajstić information content (AvgIpc) is 2.29. The van der Waals surface area contributed by atoms with Crippen LogP contribution in [0.5, 0.6) is 0 Å². The molecule has 0 fully saturated rings. The Labute approximate surface area is 122 Å². The molecule has 0 unspecified atom stereocenters. The van der Waals surface area contributed by atoms with Crippen LogP contribution in [0.4, 0.5) is 13.2 Å². The minimum absolute atomic E-state index is 0.0876. The summed E-state index contributed by atoms with van der Waals surface area (Å²) in [5.41, 5.74) is -2.16. The third-order valence-electron chi connectivity index (χ3n) is 2.48. The van der Waals surface area contributed by atoms with Crippen molar-refractivity contribution in [2.45, 2.75) is 31.2 Å². The summed E-state index contributed by atoms with van der Waals surface area (Å²) in [6.07, 6.45) is 1.98. The Morgan fingerprint density at radius 2 is 1.85 bits per heavy atom. The van der Waals surface area contributed by atoms with E-state index in [-0.39, 0.29) is 16.7 Å². The van der Waals surface area contributed by atoms with Gasteiger partial charge in [0.05, 0.1) is 0 Å². The van der Waals surface area contributed by atoms with E-state index in [2.05, 4.69) is 19.2 Å². The van der Waals surface area contributed by atoms with Gasteiger partial charge in [-0.05, 0) is 48.8 Å². The summed E-state index contributed by atoms with van der Waals surface area (Å²) in [7, 11) is 0. The van der Waals surface area contributed by atoms with E-state index in [1.807, 2.05) is 13.0 Å². The van der Waals surface area contributed by atoms with Gasteiger partial charge in [-0.15, -0.1) is 0 Å². The minimum atomic E-state index is -4.23. The van der Waals surface area contributed by atoms with Crippen LogP contribution in [-0.2, 0) is 0 Å². The molecule has 0 aliphatic carbocycles. The second-order valence-corrected chi connectivity index (χ2v) is 6.27. The van der Waals surface area contributed by atoms with Crippen molar-refractivity contribution in [3.63, 3.8) is 0 Å². The topological polar surface area (TPSA) is 12.0 Å². The third kappa shape index (κ3) is 7.60. The van der Waals surface area contributed by atoms with Gasteiger partial charge in [0.1, 0.15) is 0 Å². The first-order chi connectivity index (χ1) is 9.26. The maximum absolute atomic E-state index is 12.2. The van der Waals surface area contributed by atoms with Crippen LogP contribution in [0, 0.1) is 5.92 Å². The molecule has 20 heavy (non-hydrogen) atoms. The molecule has 1 aromatic carbocycles. The molecular weight excluding hydrogens is 283 g/mol. The van der Waals surface area contributed by atoms with Crippen LogP contribution < -0.4 is 5.32 Å². The molecule has 1 nitrogen and oxygen atoms in total. The maximum Gasteiger partial charge on any atom is 0.446 e. The van der Waals surface area contributed by atoms with Gasteiger partial charge in [-0.1, -0.05) is 37.6 Å². The molecule has 1 aromatic rings.